The van der Waals surface area contributed by atoms with Crippen molar-refractivity contribution in [3.05, 3.63) is 23.8 Å². The van der Waals surface area contributed by atoms with Crippen LogP contribution in [-0.4, -0.2) is 0 Å². The molecule has 0 fully saturated rings. The van der Waals surface area contributed by atoms with Crippen LogP contribution in [0.25, 0.3) is 0 Å². The summed E-state index contributed by atoms with van der Waals surface area (Å²) in [6.45, 7) is 1.93. The molecule has 0 aromatic heterocycles. The van der Waals surface area contributed by atoms with Crippen LogP contribution in [0, 0.1) is 6.92 Å². The Morgan fingerprint density at radius 2 is 2.11 bits per heavy atom. The Morgan fingerprint density at radius 3 is 2.56 bits per heavy atom. The highest BCUT2D eigenvalue weighted by Gasteiger charge is 1.95. The quantitative estimate of drug-likeness (QED) is 0.533. The van der Waals surface area contributed by atoms with Crippen LogP contribution in [0.15, 0.2) is 23.1 Å². The number of hydrogen-bond donors (Lipinski definition) is 1. The van der Waals surface area contributed by atoms with Crippen molar-refractivity contribution in [2.45, 2.75) is 11.8 Å². The second kappa shape index (κ2) is 2.31. The zero-order valence-electron chi connectivity index (χ0n) is 5.09. The van der Waals surface area contributed by atoms with Crippen molar-refractivity contribution < 1.29 is 5.11 Å². The normalized spacial score (nSPS) is 9.56. The fourth-order valence-electron chi connectivity index (χ4n) is 0.627. The minimum absolute atomic E-state index is 0.0102. The third-order valence-electron chi connectivity index (χ3n) is 1.11. The van der Waals surface area contributed by atoms with Gasteiger partial charge in [0, 0.05) is 0 Å². The van der Waals surface area contributed by atoms with Gasteiger partial charge >= 0.3 is 0 Å². The molecule has 9 heavy (non-hydrogen) atoms. The molecule has 1 aromatic carbocycles. The van der Waals surface area contributed by atoms with Crippen LogP contribution in [-0.2, 0) is 5.11 Å². The monoisotopic (exact) mass is 139 g/mol. The number of hydrogen-bond acceptors (Lipinski definition) is 1. The molecule has 0 atom stereocenters. The van der Waals surface area contributed by atoms with E-state index in [1.807, 2.05) is 6.92 Å². The molecule has 0 amide bonds. The molecule has 0 heterocycles. The minimum Gasteiger partial charge on any atom is -0.289 e. The Morgan fingerprint density at radius 1 is 1.44 bits per heavy atom. The fourth-order valence-corrected chi connectivity index (χ4v) is 0.906. The second-order valence-corrected chi connectivity index (χ2v) is 2.45. The van der Waals surface area contributed by atoms with Gasteiger partial charge in [-0.2, -0.15) is 0 Å². The molecule has 1 aromatic rings. The summed E-state index contributed by atoms with van der Waals surface area (Å²) in [7, 11) is 0. The molecular weight excluding hydrogens is 132 g/mol. The number of rotatable bonds is 0. The lowest BCUT2D eigenvalue weighted by Crippen LogP contribution is -1.70. The first-order valence-electron chi connectivity index (χ1n) is 2.67. The highest BCUT2D eigenvalue weighted by molar-refractivity contribution is 7.80. The van der Waals surface area contributed by atoms with Gasteiger partial charge in [0.05, 0.1) is 4.90 Å². The van der Waals surface area contributed by atoms with Crippen LogP contribution >= 0.6 is 12.6 Å². The van der Waals surface area contributed by atoms with Crippen molar-refractivity contribution >= 4 is 12.6 Å². The van der Waals surface area contributed by atoms with Gasteiger partial charge in [0.25, 0.3) is 0 Å². The van der Waals surface area contributed by atoms with Gasteiger partial charge in [-0.3, -0.25) is 5.11 Å². The molecule has 0 spiro atoms. The summed E-state index contributed by atoms with van der Waals surface area (Å²) in [6.07, 6.45) is 0. The van der Waals surface area contributed by atoms with Crippen LogP contribution in [0.3, 0.4) is 0 Å². The van der Waals surface area contributed by atoms with E-state index in [4.69, 9.17) is 0 Å². The SMILES string of the molecule is Cc1ccc([O])c(S)c1. The molecule has 1 nitrogen and oxygen atoms in total. The van der Waals surface area contributed by atoms with Crippen LogP contribution in [0.5, 0.6) is 5.75 Å². The topological polar surface area (TPSA) is 19.9 Å². The predicted molar refractivity (Wildman–Crippen MR) is 38.6 cm³/mol. The number of benzene rings is 1. The van der Waals surface area contributed by atoms with Crippen molar-refractivity contribution in [2.24, 2.45) is 0 Å². The Balaban J connectivity index is 3.17. The van der Waals surface area contributed by atoms with E-state index < -0.39 is 0 Å². The fraction of sp³-hybridized carbons (Fsp3) is 0.143. The van der Waals surface area contributed by atoms with E-state index in [2.05, 4.69) is 12.6 Å². The molecule has 0 saturated heterocycles. The van der Waals surface area contributed by atoms with Gasteiger partial charge in [-0.1, -0.05) is 6.07 Å². The average Bonchev–Trinajstić information content (AvgIpc) is 1.80. The first-order valence-corrected chi connectivity index (χ1v) is 3.11. The van der Waals surface area contributed by atoms with Gasteiger partial charge in [-0.25, -0.2) is 0 Å². The number of thiol groups is 1. The van der Waals surface area contributed by atoms with E-state index >= 15 is 0 Å². The molecule has 0 unspecified atom stereocenters. The summed E-state index contributed by atoms with van der Waals surface area (Å²) >= 11 is 3.96. The second-order valence-electron chi connectivity index (χ2n) is 1.97. The van der Waals surface area contributed by atoms with Crippen molar-refractivity contribution in [1.29, 1.82) is 0 Å². The van der Waals surface area contributed by atoms with Crippen LogP contribution in [0.1, 0.15) is 5.56 Å². The van der Waals surface area contributed by atoms with E-state index in [-0.39, 0.29) is 5.75 Å². The summed E-state index contributed by atoms with van der Waals surface area (Å²) in [5.74, 6) is -0.0102. The van der Waals surface area contributed by atoms with E-state index in [0.717, 1.165) is 5.56 Å². The highest BCUT2D eigenvalue weighted by atomic mass is 32.1. The maximum absolute atomic E-state index is 10.7. The van der Waals surface area contributed by atoms with E-state index in [0.29, 0.717) is 4.90 Å². The lowest BCUT2D eigenvalue weighted by Gasteiger charge is -1.93. The molecule has 0 aliphatic carbocycles. The zero-order valence-corrected chi connectivity index (χ0v) is 5.98. The average molecular weight is 139 g/mol. The molecule has 0 aliphatic heterocycles. The lowest BCUT2D eigenvalue weighted by atomic mass is 10.2. The zero-order chi connectivity index (χ0) is 6.85. The molecular formula is C7H7OS. The molecule has 0 bridgehead atoms. The molecule has 0 aliphatic rings. The van der Waals surface area contributed by atoms with Crippen LogP contribution < -0.4 is 0 Å². The largest absolute Gasteiger partial charge is 0.289 e. The van der Waals surface area contributed by atoms with Gasteiger partial charge in [-0.15, -0.1) is 12.6 Å². The molecule has 2 heteroatoms. The van der Waals surface area contributed by atoms with Gasteiger partial charge in [-0.05, 0) is 24.6 Å². The van der Waals surface area contributed by atoms with Crippen molar-refractivity contribution in [1.82, 2.24) is 0 Å². The van der Waals surface area contributed by atoms with E-state index in [1.165, 1.54) is 6.07 Å². The van der Waals surface area contributed by atoms with Crippen molar-refractivity contribution in [2.75, 3.05) is 0 Å². The lowest BCUT2D eigenvalue weighted by molar-refractivity contribution is 0.344. The Bertz CT molecular complexity index is 220. The van der Waals surface area contributed by atoms with E-state index in [1.54, 1.807) is 12.1 Å². The Hall–Kier alpha value is -0.630. The summed E-state index contributed by atoms with van der Waals surface area (Å²) < 4.78 is 0. The van der Waals surface area contributed by atoms with Crippen molar-refractivity contribution in [3.8, 4) is 5.75 Å². The van der Waals surface area contributed by atoms with Gasteiger partial charge in [0.1, 0.15) is 0 Å². The summed E-state index contributed by atoms with van der Waals surface area (Å²) in [4.78, 5) is 0.523. The van der Waals surface area contributed by atoms with Gasteiger partial charge in [0.15, 0.2) is 5.75 Å². The first-order chi connectivity index (χ1) is 4.20. The summed E-state index contributed by atoms with van der Waals surface area (Å²) in [5.41, 5.74) is 1.07. The Labute approximate surface area is 59.7 Å². The summed E-state index contributed by atoms with van der Waals surface area (Å²) in [6, 6.07) is 5.06. The van der Waals surface area contributed by atoms with E-state index in [9.17, 15) is 5.11 Å². The summed E-state index contributed by atoms with van der Waals surface area (Å²) in [5, 5.41) is 10.7. The van der Waals surface area contributed by atoms with Crippen LogP contribution in [0.2, 0.25) is 0 Å². The third kappa shape index (κ3) is 1.39. The molecule has 0 N–H and O–H groups in total. The predicted octanol–water partition coefficient (Wildman–Crippen LogP) is 2.43. The smallest absolute Gasteiger partial charge is 0.191 e. The molecule has 47 valence electrons. The third-order valence-corrected chi connectivity index (χ3v) is 1.46. The minimum atomic E-state index is -0.0102. The Kier molecular flexibility index (Phi) is 1.67. The first kappa shape index (κ1) is 6.49. The van der Waals surface area contributed by atoms with Gasteiger partial charge in [0.2, 0.25) is 0 Å². The standard InChI is InChI=1S/C7H7OS/c1-5-2-3-6(8)7(9)4-5/h2-4,9H,1H3. The maximum atomic E-state index is 10.7. The maximum Gasteiger partial charge on any atom is 0.191 e. The van der Waals surface area contributed by atoms with Crippen molar-refractivity contribution in [3.63, 3.8) is 0 Å². The van der Waals surface area contributed by atoms with Gasteiger partial charge < -0.3 is 0 Å². The molecule has 0 saturated carbocycles. The molecule has 1 rings (SSSR count). The number of aryl methyl sites for hydroxylation is 1. The van der Waals surface area contributed by atoms with Crippen LogP contribution in [0.4, 0.5) is 0 Å². The highest BCUT2D eigenvalue weighted by Crippen LogP contribution is 2.21. The molecule has 1 radical (unpaired) electrons.